The summed E-state index contributed by atoms with van der Waals surface area (Å²) in [5, 5.41) is 5.97. The van der Waals surface area contributed by atoms with Gasteiger partial charge >= 0.3 is 0 Å². The summed E-state index contributed by atoms with van der Waals surface area (Å²) in [6.45, 7) is 3.43. The molecule has 2 aromatic rings. The van der Waals surface area contributed by atoms with Crippen LogP contribution in [0.4, 0.5) is 11.4 Å². The molecule has 0 unspecified atom stereocenters. The van der Waals surface area contributed by atoms with E-state index in [1.807, 2.05) is 50.5 Å². The third kappa shape index (κ3) is 6.72. The number of carbonyl (C=O) groups excluding carboxylic acids is 2. The molecule has 1 saturated heterocycles. The number of benzene rings is 2. The van der Waals surface area contributed by atoms with E-state index in [-0.39, 0.29) is 18.2 Å². The van der Waals surface area contributed by atoms with Crippen molar-refractivity contribution in [2.45, 2.75) is 25.7 Å². The lowest BCUT2D eigenvalue weighted by atomic mass is 10.1. The third-order valence-corrected chi connectivity index (χ3v) is 5.56. The summed E-state index contributed by atoms with van der Waals surface area (Å²) >= 11 is 0. The summed E-state index contributed by atoms with van der Waals surface area (Å²) in [6.07, 6.45) is 3.40. The minimum atomic E-state index is -0.124. The predicted molar refractivity (Wildman–Crippen MR) is 129 cm³/mol. The van der Waals surface area contributed by atoms with Gasteiger partial charge in [0.05, 0.1) is 19.1 Å². The number of hydrogen-bond donors (Lipinski definition) is 2. The Bertz CT molecular complexity index is 906. The van der Waals surface area contributed by atoms with Crippen LogP contribution in [0.2, 0.25) is 0 Å². The largest absolute Gasteiger partial charge is 0.497 e. The molecule has 2 amide bonds. The van der Waals surface area contributed by atoms with Gasteiger partial charge in [0.1, 0.15) is 5.75 Å². The summed E-state index contributed by atoms with van der Waals surface area (Å²) in [5.41, 5.74) is 3.07. The van der Waals surface area contributed by atoms with Gasteiger partial charge < -0.3 is 25.2 Å². The van der Waals surface area contributed by atoms with Gasteiger partial charge in [0.2, 0.25) is 5.91 Å². The minimum absolute atomic E-state index is 0.100. The van der Waals surface area contributed by atoms with E-state index in [4.69, 9.17) is 4.74 Å². The van der Waals surface area contributed by atoms with Crippen LogP contribution in [0.1, 0.15) is 35.2 Å². The van der Waals surface area contributed by atoms with Crippen molar-refractivity contribution in [2.24, 2.45) is 0 Å². The topological polar surface area (TPSA) is 73.9 Å². The SMILES string of the molecule is COc1ccc(CC(=O)Nc2ccc(N3CCCC3)c(C(=O)NCCCN(C)C)c2)cc1. The van der Waals surface area contributed by atoms with Crippen LogP contribution in [0.3, 0.4) is 0 Å². The van der Waals surface area contributed by atoms with Crippen LogP contribution in [0.25, 0.3) is 0 Å². The van der Waals surface area contributed by atoms with Gasteiger partial charge in [0.15, 0.2) is 0 Å². The standard InChI is InChI=1S/C25H34N4O3/c1-28(2)14-6-13-26-25(31)22-18-20(9-12-23(22)29-15-4-5-16-29)27-24(30)17-19-7-10-21(32-3)11-8-19/h7-12,18H,4-6,13-17H2,1-3H3,(H,26,31)(H,27,30). The van der Waals surface area contributed by atoms with E-state index in [2.05, 4.69) is 20.4 Å². The molecular formula is C25H34N4O3. The maximum absolute atomic E-state index is 13.0. The number of rotatable bonds is 10. The van der Waals surface area contributed by atoms with Crippen molar-refractivity contribution in [1.29, 1.82) is 0 Å². The fourth-order valence-corrected chi connectivity index (χ4v) is 3.86. The summed E-state index contributed by atoms with van der Waals surface area (Å²) in [5.74, 6) is 0.534. The molecule has 1 aliphatic heterocycles. The van der Waals surface area contributed by atoms with Gasteiger partial charge in [-0.3, -0.25) is 9.59 Å². The molecular weight excluding hydrogens is 404 g/mol. The first-order chi connectivity index (χ1) is 15.5. The maximum atomic E-state index is 13.0. The van der Waals surface area contributed by atoms with Crippen LogP contribution in [0, 0.1) is 0 Å². The lowest BCUT2D eigenvalue weighted by Gasteiger charge is -2.22. The zero-order valence-corrected chi connectivity index (χ0v) is 19.3. The number of amides is 2. The monoisotopic (exact) mass is 438 g/mol. The summed E-state index contributed by atoms with van der Waals surface area (Å²) < 4.78 is 5.16. The molecule has 0 aliphatic carbocycles. The first-order valence-electron chi connectivity index (χ1n) is 11.2. The van der Waals surface area contributed by atoms with Crippen LogP contribution in [0.15, 0.2) is 42.5 Å². The second kappa shape index (κ2) is 11.5. The van der Waals surface area contributed by atoms with Crippen molar-refractivity contribution in [1.82, 2.24) is 10.2 Å². The summed E-state index contributed by atoms with van der Waals surface area (Å²) in [4.78, 5) is 29.9. The third-order valence-electron chi connectivity index (χ3n) is 5.56. The highest BCUT2D eigenvalue weighted by molar-refractivity contribution is 6.02. The summed E-state index contributed by atoms with van der Waals surface area (Å²) in [6, 6.07) is 13.0. The van der Waals surface area contributed by atoms with E-state index in [9.17, 15) is 9.59 Å². The number of nitrogens with zero attached hydrogens (tertiary/aromatic N) is 2. The number of anilines is 2. The Kier molecular flexibility index (Phi) is 8.50. The first kappa shape index (κ1) is 23.6. The molecule has 3 rings (SSSR count). The molecule has 0 spiro atoms. The van der Waals surface area contributed by atoms with Crippen molar-refractivity contribution in [2.75, 3.05) is 57.6 Å². The second-order valence-electron chi connectivity index (χ2n) is 8.41. The smallest absolute Gasteiger partial charge is 0.253 e. The highest BCUT2D eigenvalue weighted by Gasteiger charge is 2.20. The normalized spacial score (nSPS) is 13.3. The maximum Gasteiger partial charge on any atom is 0.253 e. The second-order valence-corrected chi connectivity index (χ2v) is 8.41. The molecule has 2 N–H and O–H groups in total. The van der Waals surface area contributed by atoms with Crippen LogP contribution in [-0.2, 0) is 11.2 Å². The van der Waals surface area contributed by atoms with Gasteiger partial charge in [-0.25, -0.2) is 0 Å². The molecule has 7 heteroatoms. The zero-order valence-electron chi connectivity index (χ0n) is 19.3. The Morgan fingerprint density at radius 2 is 1.78 bits per heavy atom. The molecule has 32 heavy (non-hydrogen) atoms. The zero-order chi connectivity index (χ0) is 22.9. The minimum Gasteiger partial charge on any atom is -0.497 e. The molecule has 0 bridgehead atoms. The Balaban J connectivity index is 1.69. The first-order valence-corrected chi connectivity index (χ1v) is 11.2. The molecule has 1 aliphatic rings. The van der Waals surface area contributed by atoms with E-state index in [1.165, 1.54) is 0 Å². The number of methoxy groups -OCH3 is 1. The van der Waals surface area contributed by atoms with Crippen LogP contribution >= 0.6 is 0 Å². The molecule has 0 radical (unpaired) electrons. The molecule has 172 valence electrons. The quantitative estimate of drug-likeness (QED) is 0.558. The molecule has 1 fully saturated rings. The van der Waals surface area contributed by atoms with E-state index in [0.29, 0.717) is 17.8 Å². The van der Waals surface area contributed by atoms with Gasteiger partial charge in [0.25, 0.3) is 5.91 Å². The van der Waals surface area contributed by atoms with Crippen molar-refractivity contribution in [3.05, 3.63) is 53.6 Å². The number of ether oxygens (including phenoxy) is 1. The Labute approximate surface area is 190 Å². The predicted octanol–water partition coefficient (Wildman–Crippen LogP) is 3.16. The van der Waals surface area contributed by atoms with E-state index < -0.39 is 0 Å². The molecule has 2 aromatic carbocycles. The molecule has 1 heterocycles. The van der Waals surface area contributed by atoms with Crippen molar-refractivity contribution in [3.63, 3.8) is 0 Å². The van der Waals surface area contributed by atoms with Crippen LogP contribution in [0.5, 0.6) is 5.75 Å². The van der Waals surface area contributed by atoms with Crippen LogP contribution in [-0.4, -0.2) is 64.1 Å². The lowest BCUT2D eigenvalue weighted by molar-refractivity contribution is -0.115. The average molecular weight is 439 g/mol. The Hall–Kier alpha value is -3.06. The van der Waals surface area contributed by atoms with Gasteiger partial charge in [-0.05, 0) is 75.8 Å². The number of carbonyl (C=O) groups is 2. The lowest BCUT2D eigenvalue weighted by Crippen LogP contribution is -2.29. The van der Waals surface area contributed by atoms with E-state index in [0.717, 1.165) is 55.9 Å². The van der Waals surface area contributed by atoms with Crippen molar-refractivity contribution >= 4 is 23.2 Å². The molecule has 0 atom stereocenters. The Morgan fingerprint density at radius 1 is 1.06 bits per heavy atom. The molecule has 0 saturated carbocycles. The van der Waals surface area contributed by atoms with Gasteiger partial charge in [-0.2, -0.15) is 0 Å². The van der Waals surface area contributed by atoms with E-state index >= 15 is 0 Å². The fourth-order valence-electron chi connectivity index (χ4n) is 3.86. The van der Waals surface area contributed by atoms with Crippen LogP contribution < -0.4 is 20.3 Å². The highest BCUT2D eigenvalue weighted by Crippen LogP contribution is 2.27. The van der Waals surface area contributed by atoms with Gasteiger partial charge in [-0.15, -0.1) is 0 Å². The van der Waals surface area contributed by atoms with E-state index in [1.54, 1.807) is 13.2 Å². The summed E-state index contributed by atoms with van der Waals surface area (Å²) in [7, 11) is 5.65. The Morgan fingerprint density at radius 3 is 2.44 bits per heavy atom. The highest BCUT2D eigenvalue weighted by atomic mass is 16.5. The molecule has 7 nitrogen and oxygen atoms in total. The van der Waals surface area contributed by atoms with Gasteiger partial charge in [-0.1, -0.05) is 12.1 Å². The van der Waals surface area contributed by atoms with Crippen molar-refractivity contribution < 1.29 is 14.3 Å². The average Bonchev–Trinajstić information content (AvgIpc) is 3.31. The van der Waals surface area contributed by atoms with Crippen molar-refractivity contribution in [3.8, 4) is 5.75 Å². The number of nitrogens with one attached hydrogen (secondary N) is 2. The fraction of sp³-hybridized carbons (Fsp3) is 0.440. The number of hydrogen-bond acceptors (Lipinski definition) is 5. The molecule has 0 aromatic heterocycles. The van der Waals surface area contributed by atoms with Gasteiger partial charge in [0, 0.05) is 31.0 Å².